The van der Waals surface area contributed by atoms with E-state index in [2.05, 4.69) is 24.4 Å². The van der Waals surface area contributed by atoms with E-state index >= 15 is 0 Å². The molecule has 0 radical (unpaired) electrons. The SMILES string of the molecule is CCNC1CCCCCC1Cc1ccc(Cl)cc1. The first-order valence-electron chi connectivity index (χ1n) is 7.27. The molecule has 0 amide bonds. The van der Waals surface area contributed by atoms with Crippen LogP contribution in [0.2, 0.25) is 5.02 Å². The van der Waals surface area contributed by atoms with Gasteiger partial charge in [0.2, 0.25) is 0 Å². The predicted molar refractivity (Wildman–Crippen MR) is 79.2 cm³/mol. The molecule has 18 heavy (non-hydrogen) atoms. The van der Waals surface area contributed by atoms with Gasteiger partial charge in [0.05, 0.1) is 0 Å². The first kappa shape index (κ1) is 13.9. The zero-order chi connectivity index (χ0) is 12.8. The van der Waals surface area contributed by atoms with E-state index in [1.54, 1.807) is 0 Å². The summed E-state index contributed by atoms with van der Waals surface area (Å²) in [5.41, 5.74) is 1.43. The average molecular weight is 266 g/mol. The van der Waals surface area contributed by atoms with E-state index in [1.807, 2.05) is 12.1 Å². The molecule has 1 aromatic carbocycles. The van der Waals surface area contributed by atoms with Gasteiger partial charge < -0.3 is 5.32 Å². The van der Waals surface area contributed by atoms with Crippen molar-refractivity contribution in [3.8, 4) is 0 Å². The third-order valence-electron chi connectivity index (χ3n) is 4.04. The summed E-state index contributed by atoms with van der Waals surface area (Å²) in [7, 11) is 0. The Hall–Kier alpha value is -0.530. The van der Waals surface area contributed by atoms with Crippen LogP contribution in [0.4, 0.5) is 0 Å². The molecule has 2 heteroatoms. The van der Waals surface area contributed by atoms with Crippen molar-refractivity contribution in [2.75, 3.05) is 6.54 Å². The molecule has 1 saturated carbocycles. The zero-order valence-corrected chi connectivity index (χ0v) is 12.0. The van der Waals surface area contributed by atoms with E-state index in [0.717, 1.165) is 17.5 Å². The van der Waals surface area contributed by atoms with Gasteiger partial charge in [0.25, 0.3) is 0 Å². The monoisotopic (exact) mass is 265 g/mol. The molecule has 0 bridgehead atoms. The summed E-state index contributed by atoms with van der Waals surface area (Å²) in [6, 6.07) is 9.08. The second-order valence-electron chi connectivity index (χ2n) is 5.39. The zero-order valence-electron chi connectivity index (χ0n) is 11.3. The molecule has 1 aromatic rings. The van der Waals surface area contributed by atoms with Crippen LogP contribution >= 0.6 is 11.6 Å². The number of benzene rings is 1. The van der Waals surface area contributed by atoms with Crippen molar-refractivity contribution in [3.05, 3.63) is 34.9 Å². The quantitative estimate of drug-likeness (QED) is 0.794. The maximum absolute atomic E-state index is 5.95. The lowest BCUT2D eigenvalue weighted by Crippen LogP contribution is -2.36. The summed E-state index contributed by atoms with van der Waals surface area (Å²) < 4.78 is 0. The molecule has 0 aliphatic heterocycles. The molecule has 1 aliphatic carbocycles. The maximum Gasteiger partial charge on any atom is 0.0406 e. The highest BCUT2D eigenvalue weighted by molar-refractivity contribution is 6.30. The first-order valence-corrected chi connectivity index (χ1v) is 7.65. The summed E-state index contributed by atoms with van der Waals surface area (Å²) in [5.74, 6) is 0.786. The van der Waals surface area contributed by atoms with Crippen molar-refractivity contribution in [1.82, 2.24) is 5.32 Å². The lowest BCUT2D eigenvalue weighted by Gasteiger charge is -2.26. The number of nitrogens with one attached hydrogen (secondary N) is 1. The number of hydrogen-bond donors (Lipinski definition) is 1. The van der Waals surface area contributed by atoms with Crippen LogP contribution in [0.1, 0.15) is 44.6 Å². The molecule has 0 heterocycles. The Labute approximate surface area is 116 Å². The van der Waals surface area contributed by atoms with Crippen molar-refractivity contribution in [2.24, 2.45) is 5.92 Å². The van der Waals surface area contributed by atoms with Crippen LogP contribution < -0.4 is 5.32 Å². The van der Waals surface area contributed by atoms with Gasteiger partial charge in [-0.25, -0.2) is 0 Å². The van der Waals surface area contributed by atoms with Gasteiger partial charge in [-0.05, 0) is 49.4 Å². The van der Waals surface area contributed by atoms with Crippen LogP contribution in [0.25, 0.3) is 0 Å². The highest BCUT2D eigenvalue weighted by atomic mass is 35.5. The van der Waals surface area contributed by atoms with Crippen molar-refractivity contribution in [3.63, 3.8) is 0 Å². The van der Waals surface area contributed by atoms with Gasteiger partial charge in [-0.2, -0.15) is 0 Å². The van der Waals surface area contributed by atoms with Gasteiger partial charge in [-0.15, -0.1) is 0 Å². The third kappa shape index (κ3) is 4.00. The Balaban J connectivity index is 2.01. The van der Waals surface area contributed by atoms with Gasteiger partial charge in [-0.3, -0.25) is 0 Å². The predicted octanol–water partition coefficient (Wildman–Crippen LogP) is 4.44. The molecule has 0 aromatic heterocycles. The number of hydrogen-bond acceptors (Lipinski definition) is 1. The van der Waals surface area contributed by atoms with Crippen LogP contribution in [0, 0.1) is 5.92 Å². The molecule has 100 valence electrons. The topological polar surface area (TPSA) is 12.0 Å². The molecular weight excluding hydrogens is 242 g/mol. The van der Waals surface area contributed by atoms with E-state index in [9.17, 15) is 0 Å². The second kappa shape index (κ2) is 7.16. The molecule has 0 saturated heterocycles. The Bertz CT molecular complexity index is 347. The minimum Gasteiger partial charge on any atom is -0.314 e. The summed E-state index contributed by atoms with van der Waals surface area (Å²) >= 11 is 5.95. The van der Waals surface area contributed by atoms with Gasteiger partial charge in [0.1, 0.15) is 0 Å². The molecule has 2 atom stereocenters. The molecule has 1 nitrogen and oxygen atoms in total. The van der Waals surface area contributed by atoms with Crippen LogP contribution in [-0.2, 0) is 6.42 Å². The van der Waals surface area contributed by atoms with Gasteiger partial charge in [0, 0.05) is 11.1 Å². The Morgan fingerprint density at radius 1 is 1.11 bits per heavy atom. The van der Waals surface area contributed by atoms with E-state index < -0.39 is 0 Å². The first-order chi connectivity index (χ1) is 8.79. The molecular formula is C16H24ClN. The molecule has 0 spiro atoms. The summed E-state index contributed by atoms with van der Waals surface area (Å²) in [6.45, 7) is 3.30. The van der Waals surface area contributed by atoms with Crippen molar-refractivity contribution in [1.29, 1.82) is 0 Å². The van der Waals surface area contributed by atoms with Gasteiger partial charge in [-0.1, -0.05) is 49.9 Å². The fraction of sp³-hybridized carbons (Fsp3) is 0.625. The fourth-order valence-electron chi connectivity index (χ4n) is 3.08. The normalized spacial score (nSPS) is 24.8. The van der Waals surface area contributed by atoms with Crippen molar-refractivity contribution >= 4 is 11.6 Å². The lowest BCUT2D eigenvalue weighted by atomic mass is 9.88. The highest BCUT2D eigenvalue weighted by Gasteiger charge is 2.22. The molecule has 2 rings (SSSR count). The van der Waals surface area contributed by atoms with Crippen LogP contribution in [0.3, 0.4) is 0 Å². The van der Waals surface area contributed by atoms with E-state index in [-0.39, 0.29) is 0 Å². The summed E-state index contributed by atoms with van der Waals surface area (Å²) in [5, 5.41) is 4.52. The van der Waals surface area contributed by atoms with Gasteiger partial charge in [0.15, 0.2) is 0 Å². The molecule has 1 fully saturated rings. The summed E-state index contributed by atoms with van der Waals surface area (Å²) in [6.07, 6.45) is 8.06. The lowest BCUT2D eigenvalue weighted by molar-refractivity contribution is 0.337. The van der Waals surface area contributed by atoms with Crippen LogP contribution in [0.15, 0.2) is 24.3 Å². The molecule has 2 unspecified atom stereocenters. The van der Waals surface area contributed by atoms with Crippen LogP contribution in [-0.4, -0.2) is 12.6 Å². The molecule has 1 aliphatic rings. The fourth-order valence-corrected chi connectivity index (χ4v) is 3.21. The minimum absolute atomic E-state index is 0.702. The van der Waals surface area contributed by atoms with Crippen LogP contribution in [0.5, 0.6) is 0 Å². The Morgan fingerprint density at radius 3 is 2.56 bits per heavy atom. The number of rotatable bonds is 4. The molecule has 1 N–H and O–H groups in total. The highest BCUT2D eigenvalue weighted by Crippen LogP contribution is 2.27. The summed E-state index contributed by atoms with van der Waals surface area (Å²) in [4.78, 5) is 0. The largest absolute Gasteiger partial charge is 0.314 e. The van der Waals surface area contributed by atoms with E-state index in [0.29, 0.717) is 6.04 Å². The third-order valence-corrected chi connectivity index (χ3v) is 4.29. The second-order valence-corrected chi connectivity index (χ2v) is 5.83. The maximum atomic E-state index is 5.95. The Kier molecular flexibility index (Phi) is 5.52. The van der Waals surface area contributed by atoms with Crippen molar-refractivity contribution in [2.45, 2.75) is 51.5 Å². The minimum atomic E-state index is 0.702. The smallest absolute Gasteiger partial charge is 0.0406 e. The van der Waals surface area contributed by atoms with E-state index in [4.69, 9.17) is 11.6 Å². The number of halogens is 1. The average Bonchev–Trinajstić information content (AvgIpc) is 2.59. The standard InChI is InChI=1S/C16H24ClN/c1-2-18-16-7-5-3-4-6-14(16)12-13-8-10-15(17)11-9-13/h8-11,14,16,18H,2-7,12H2,1H3. The van der Waals surface area contributed by atoms with E-state index in [1.165, 1.54) is 44.1 Å². The van der Waals surface area contributed by atoms with Crippen molar-refractivity contribution < 1.29 is 0 Å². The Morgan fingerprint density at radius 2 is 1.83 bits per heavy atom. The van der Waals surface area contributed by atoms with Gasteiger partial charge >= 0.3 is 0 Å².